The number of benzene rings is 1. The summed E-state index contributed by atoms with van der Waals surface area (Å²) in [5.41, 5.74) is 3.66. The lowest BCUT2D eigenvalue weighted by atomic mass is 9.96. The number of nitrogens with zero attached hydrogens (tertiary/aromatic N) is 4. The summed E-state index contributed by atoms with van der Waals surface area (Å²) in [4.78, 5) is 6.63. The summed E-state index contributed by atoms with van der Waals surface area (Å²) in [7, 11) is 0. The van der Waals surface area contributed by atoms with Gasteiger partial charge in [-0.2, -0.15) is 0 Å². The summed E-state index contributed by atoms with van der Waals surface area (Å²) < 4.78 is 5.92. The van der Waals surface area contributed by atoms with Gasteiger partial charge in [-0.05, 0) is 55.1 Å². The Balaban J connectivity index is 1.33. The first-order chi connectivity index (χ1) is 13.2. The highest BCUT2D eigenvalue weighted by atomic mass is 16.4. The van der Waals surface area contributed by atoms with Crippen LogP contribution in [0.25, 0.3) is 11.5 Å². The second-order valence-electron chi connectivity index (χ2n) is 7.63. The van der Waals surface area contributed by atoms with Gasteiger partial charge >= 0.3 is 0 Å². The number of rotatable bonds is 5. The van der Waals surface area contributed by atoms with E-state index in [9.17, 15) is 0 Å². The van der Waals surface area contributed by atoms with E-state index in [1.165, 1.54) is 11.1 Å². The summed E-state index contributed by atoms with van der Waals surface area (Å²) >= 11 is 0. The van der Waals surface area contributed by atoms with Crippen molar-refractivity contribution >= 4 is 0 Å². The first kappa shape index (κ1) is 17.9. The third kappa shape index (κ3) is 4.25. The Labute approximate surface area is 160 Å². The molecule has 27 heavy (non-hydrogen) atoms. The number of pyridine rings is 1. The number of hydrogen-bond acceptors (Lipinski definition) is 5. The van der Waals surface area contributed by atoms with E-state index in [1.807, 2.05) is 12.1 Å². The quantitative estimate of drug-likeness (QED) is 0.662. The van der Waals surface area contributed by atoms with Gasteiger partial charge < -0.3 is 4.42 Å². The first-order valence-electron chi connectivity index (χ1n) is 9.74. The van der Waals surface area contributed by atoms with Crippen LogP contribution in [0.1, 0.15) is 55.5 Å². The molecule has 3 heterocycles. The SMILES string of the molecule is CC(C)c1ccc(CN2CCC(c3nnc(-c4cccnc4)o3)CC2)cc1. The minimum Gasteiger partial charge on any atom is -0.420 e. The molecule has 3 aromatic rings. The smallest absolute Gasteiger partial charge is 0.249 e. The van der Waals surface area contributed by atoms with Gasteiger partial charge in [-0.15, -0.1) is 10.2 Å². The Hall–Kier alpha value is -2.53. The van der Waals surface area contributed by atoms with Crippen molar-refractivity contribution in [2.45, 2.75) is 45.1 Å². The fourth-order valence-electron chi connectivity index (χ4n) is 3.61. The van der Waals surface area contributed by atoms with Crippen molar-refractivity contribution in [3.63, 3.8) is 0 Å². The van der Waals surface area contributed by atoms with Gasteiger partial charge in [0.15, 0.2) is 0 Å². The highest BCUT2D eigenvalue weighted by Gasteiger charge is 2.25. The summed E-state index contributed by atoms with van der Waals surface area (Å²) in [5, 5.41) is 8.49. The largest absolute Gasteiger partial charge is 0.420 e. The molecule has 140 valence electrons. The average Bonchev–Trinajstić information content (AvgIpc) is 3.20. The zero-order valence-corrected chi connectivity index (χ0v) is 16.0. The highest BCUT2D eigenvalue weighted by molar-refractivity contribution is 5.50. The molecule has 1 fully saturated rings. The Morgan fingerprint density at radius 3 is 2.52 bits per heavy atom. The molecule has 0 aliphatic carbocycles. The third-order valence-electron chi connectivity index (χ3n) is 5.34. The van der Waals surface area contributed by atoms with Crippen molar-refractivity contribution in [1.82, 2.24) is 20.1 Å². The molecule has 4 rings (SSSR count). The molecule has 2 aromatic heterocycles. The number of likely N-dealkylation sites (tertiary alicyclic amines) is 1. The van der Waals surface area contributed by atoms with E-state index in [4.69, 9.17) is 4.42 Å². The van der Waals surface area contributed by atoms with Crippen molar-refractivity contribution in [3.05, 3.63) is 65.8 Å². The Morgan fingerprint density at radius 2 is 1.85 bits per heavy atom. The molecule has 0 atom stereocenters. The first-order valence-corrected chi connectivity index (χ1v) is 9.74. The molecular formula is C22H26N4O. The average molecular weight is 362 g/mol. The van der Waals surface area contributed by atoms with Crippen molar-refractivity contribution < 1.29 is 4.42 Å². The van der Waals surface area contributed by atoms with Gasteiger partial charge in [0.25, 0.3) is 0 Å². The molecular weight excluding hydrogens is 336 g/mol. The van der Waals surface area contributed by atoms with Crippen LogP contribution >= 0.6 is 0 Å². The van der Waals surface area contributed by atoms with Gasteiger partial charge in [-0.25, -0.2) is 0 Å². The van der Waals surface area contributed by atoms with Gasteiger partial charge in [-0.3, -0.25) is 9.88 Å². The Bertz CT molecular complexity index is 850. The van der Waals surface area contributed by atoms with E-state index in [0.29, 0.717) is 17.7 Å². The van der Waals surface area contributed by atoms with Crippen molar-refractivity contribution in [2.75, 3.05) is 13.1 Å². The standard InChI is InChI=1S/C22H26N4O/c1-16(2)18-7-5-17(6-8-18)15-26-12-9-19(10-13-26)21-24-25-22(27-21)20-4-3-11-23-14-20/h3-8,11,14,16,19H,9-10,12-13,15H2,1-2H3. The minimum atomic E-state index is 0.350. The molecule has 0 spiro atoms. The number of hydrogen-bond donors (Lipinski definition) is 0. The molecule has 1 aliphatic rings. The van der Waals surface area contributed by atoms with Crippen LogP contribution in [0.2, 0.25) is 0 Å². The summed E-state index contributed by atoms with van der Waals surface area (Å²) in [6.07, 6.45) is 5.61. The predicted octanol–water partition coefficient (Wildman–Crippen LogP) is 4.63. The molecule has 0 saturated carbocycles. The third-order valence-corrected chi connectivity index (χ3v) is 5.34. The van der Waals surface area contributed by atoms with Gasteiger partial charge in [0.2, 0.25) is 11.8 Å². The summed E-state index contributed by atoms with van der Waals surface area (Å²) in [6.45, 7) is 7.59. The highest BCUT2D eigenvalue weighted by Crippen LogP contribution is 2.29. The Morgan fingerprint density at radius 1 is 1.07 bits per heavy atom. The van der Waals surface area contributed by atoms with Crippen LogP contribution in [0.15, 0.2) is 53.2 Å². The monoisotopic (exact) mass is 362 g/mol. The number of piperidine rings is 1. The molecule has 5 heteroatoms. The maximum absolute atomic E-state index is 5.92. The second-order valence-corrected chi connectivity index (χ2v) is 7.63. The molecule has 1 aromatic carbocycles. The van der Waals surface area contributed by atoms with Crippen molar-refractivity contribution in [3.8, 4) is 11.5 Å². The van der Waals surface area contributed by atoms with E-state index in [2.05, 4.69) is 58.2 Å². The van der Waals surface area contributed by atoms with Gasteiger partial charge in [0.05, 0.1) is 5.56 Å². The van der Waals surface area contributed by atoms with E-state index in [0.717, 1.165) is 43.9 Å². The maximum Gasteiger partial charge on any atom is 0.249 e. The summed E-state index contributed by atoms with van der Waals surface area (Å²) in [6, 6.07) is 12.9. The molecule has 0 unspecified atom stereocenters. The van der Waals surface area contributed by atoms with Gasteiger partial charge in [0.1, 0.15) is 0 Å². The molecule has 0 N–H and O–H groups in total. The van der Waals surface area contributed by atoms with Gasteiger partial charge in [0, 0.05) is 24.9 Å². The van der Waals surface area contributed by atoms with Crippen LogP contribution in [0.5, 0.6) is 0 Å². The van der Waals surface area contributed by atoms with E-state index in [-0.39, 0.29) is 0 Å². The lowest BCUT2D eigenvalue weighted by Gasteiger charge is -2.30. The lowest BCUT2D eigenvalue weighted by Crippen LogP contribution is -2.32. The topological polar surface area (TPSA) is 55.1 Å². The Kier molecular flexibility index (Phi) is 5.30. The number of aromatic nitrogens is 3. The molecule has 1 aliphatic heterocycles. The van der Waals surface area contributed by atoms with E-state index in [1.54, 1.807) is 12.4 Å². The van der Waals surface area contributed by atoms with Crippen molar-refractivity contribution in [1.29, 1.82) is 0 Å². The van der Waals surface area contributed by atoms with E-state index >= 15 is 0 Å². The maximum atomic E-state index is 5.92. The summed E-state index contributed by atoms with van der Waals surface area (Å²) in [5.74, 6) is 2.25. The van der Waals surface area contributed by atoms with Crippen LogP contribution in [0.3, 0.4) is 0 Å². The molecule has 0 radical (unpaired) electrons. The van der Waals surface area contributed by atoms with Crippen LogP contribution < -0.4 is 0 Å². The van der Waals surface area contributed by atoms with Crippen LogP contribution in [0.4, 0.5) is 0 Å². The van der Waals surface area contributed by atoms with Crippen LogP contribution in [-0.4, -0.2) is 33.2 Å². The van der Waals surface area contributed by atoms with Gasteiger partial charge in [-0.1, -0.05) is 38.1 Å². The second kappa shape index (κ2) is 8.01. The molecule has 1 saturated heterocycles. The minimum absolute atomic E-state index is 0.350. The fourth-order valence-corrected chi connectivity index (χ4v) is 3.61. The molecule has 0 amide bonds. The molecule has 0 bridgehead atoms. The zero-order chi connectivity index (χ0) is 18.6. The van der Waals surface area contributed by atoms with Crippen LogP contribution in [-0.2, 0) is 6.54 Å². The lowest BCUT2D eigenvalue weighted by molar-refractivity contribution is 0.193. The normalized spacial score (nSPS) is 16.1. The van der Waals surface area contributed by atoms with Crippen LogP contribution in [0, 0.1) is 0 Å². The fraction of sp³-hybridized carbons (Fsp3) is 0.409. The predicted molar refractivity (Wildman–Crippen MR) is 105 cm³/mol. The molecule has 5 nitrogen and oxygen atoms in total. The zero-order valence-electron chi connectivity index (χ0n) is 16.0. The van der Waals surface area contributed by atoms with Crippen molar-refractivity contribution in [2.24, 2.45) is 0 Å². The van der Waals surface area contributed by atoms with E-state index < -0.39 is 0 Å².